The van der Waals surface area contributed by atoms with Crippen molar-refractivity contribution in [2.24, 2.45) is 0 Å². The summed E-state index contributed by atoms with van der Waals surface area (Å²) in [7, 11) is 2.20. The Balaban J connectivity index is 2.00. The molecule has 0 bridgehead atoms. The van der Waals surface area contributed by atoms with Crippen LogP contribution >= 0.6 is 11.3 Å². The van der Waals surface area contributed by atoms with Gasteiger partial charge in [0, 0.05) is 30.1 Å². The van der Waals surface area contributed by atoms with E-state index < -0.39 is 0 Å². The van der Waals surface area contributed by atoms with Crippen LogP contribution in [0.15, 0.2) is 0 Å². The Morgan fingerprint density at radius 1 is 1.19 bits per heavy atom. The summed E-state index contributed by atoms with van der Waals surface area (Å²) < 4.78 is 2.46. The molecule has 2 aromatic heterocycles. The topological polar surface area (TPSA) is 20.5 Å². The highest BCUT2D eigenvalue weighted by Gasteiger charge is 2.25. The Morgan fingerprint density at radius 3 is 3.06 bits per heavy atom. The maximum Gasteiger partial charge on any atom is 0.194 e. The number of rotatable bonds is 0. The molecule has 0 fully saturated rings. The summed E-state index contributed by atoms with van der Waals surface area (Å²) in [6, 6.07) is 0. The average Bonchev–Trinajstić information content (AvgIpc) is 2.86. The minimum absolute atomic E-state index is 1.07. The molecule has 3 heterocycles. The first kappa shape index (κ1) is 9.19. The fourth-order valence-electron chi connectivity index (χ4n) is 2.97. The average molecular weight is 233 g/mol. The van der Waals surface area contributed by atoms with E-state index in [0.717, 1.165) is 19.5 Å². The number of fused-ring (bicyclic) bond motifs is 5. The van der Waals surface area contributed by atoms with Crippen LogP contribution in [-0.4, -0.2) is 27.9 Å². The SMILES string of the molecule is CN1CCc2nc3sc4c(n3c2C1)CCC4. The second-order valence-electron chi connectivity index (χ2n) is 4.94. The van der Waals surface area contributed by atoms with Crippen molar-refractivity contribution in [3.05, 3.63) is 22.0 Å². The van der Waals surface area contributed by atoms with E-state index in [2.05, 4.69) is 16.3 Å². The van der Waals surface area contributed by atoms with Gasteiger partial charge < -0.3 is 4.90 Å². The van der Waals surface area contributed by atoms with Gasteiger partial charge in [-0.3, -0.25) is 4.40 Å². The lowest BCUT2D eigenvalue weighted by molar-refractivity contribution is 0.305. The second-order valence-corrected chi connectivity index (χ2v) is 6.00. The molecule has 3 nitrogen and oxygen atoms in total. The van der Waals surface area contributed by atoms with Gasteiger partial charge in [0.05, 0.1) is 11.4 Å². The summed E-state index contributed by atoms with van der Waals surface area (Å²) in [5, 5.41) is 0. The molecule has 1 aliphatic carbocycles. The molecule has 2 aromatic rings. The van der Waals surface area contributed by atoms with E-state index in [9.17, 15) is 0 Å². The van der Waals surface area contributed by atoms with Gasteiger partial charge in [-0.05, 0) is 26.3 Å². The maximum absolute atomic E-state index is 4.81. The van der Waals surface area contributed by atoms with Crippen LogP contribution in [0.2, 0.25) is 0 Å². The highest BCUT2D eigenvalue weighted by molar-refractivity contribution is 7.17. The van der Waals surface area contributed by atoms with Crippen LogP contribution in [0.3, 0.4) is 0 Å². The lowest BCUT2D eigenvalue weighted by Gasteiger charge is -2.21. The maximum atomic E-state index is 4.81. The zero-order valence-electron chi connectivity index (χ0n) is 9.49. The van der Waals surface area contributed by atoms with Gasteiger partial charge in [0.1, 0.15) is 0 Å². The van der Waals surface area contributed by atoms with Crippen molar-refractivity contribution in [3.63, 3.8) is 0 Å². The predicted molar refractivity (Wildman–Crippen MR) is 65.1 cm³/mol. The van der Waals surface area contributed by atoms with Crippen LogP contribution in [0.5, 0.6) is 0 Å². The lowest BCUT2D eigenvalue weighted by atomic mass is 10.1. The third-order valence-corrected chi connectivity index (χ3v) is 4.94. The van der Waals surface area contributed by atoms with Crippen molar-refractivity contribution in [1.29, 1.82) is 0 Å². The molecule has 0 unspecified atom stereocenters. The van der Waals surface area contributed by atoms with Crippen LogP contribution in [0.1, 0.15) is 28.4 Å². The summed E-state index contributed by atoms with van der Waals surface area (Å²) in [5.41, 5.74) is 4.37. The molecule has 0 aromatic carbocycles. The van der Waals surface area contributed by atoms with E-state index in [1.54, 1.807) is 10.6 Å². The Kier molecular flexibility index (Phi) is 1.77. The zero-order valence-corrected chi connectivity index (χ0v) is 10.3. The summed E-state index contributed by atoms with van der Waals surface area (Å²) in [5.74, 6) is 0. The predicted octanol–water partition coefficient (Wildman–Crippen LogP) is 1.87. The van der Waals surface area contributed by atoms with E-state index in [1.165, 1.54) is 35.6 Å². The van der Waals surface area contributed by atoms with Crippen molar-refractivity contribution in [2.45, 2.75) is 32.2 Å². The highest BCUT2D eigenvalue weighted by Crippen LogP contribution is 2.34. The standard InChI is InChI=1S/C12H15N3S/c1-14-6-5-8-10(7-14)15-9-3-2-4-11(9)16-12(15)13-8/h2-7H2,1H3. The van der Waals surface area contributed by atoms with E-state index in [0.29, 0.717) is 0 Å². The molecule has 4 heteroatoms. The molecule has 0 atom stereocenters. The number of likely N-dealkylation sites (N-methyl/N-ethyl adjacent to an activating group) is 1. The van der Waals surface area contributed by atoms with Crippen molar-refractivity contribution in [2.75, 3.05) is 13.6 Å². The molecule has 0 radical (unpaired) electrons. The van der Waals surface area contributed by atoms with Crippen LogP contribution in [-0.2, 0) is 25.8 Å². The van der Waals surface area contributed by atoms with E-state index in [4.69, 9.17) is 4.98 Å². The Morgan fingerprint density at radius 2 is 2.12 bits per heavy atom. The monoisotopic (exact) mass is 233 g/mol. The molecule has 84 valence electrons. The van der Waals surface area contributed by atoms with E-state index in [1.807, 2.05) is 11.3 Å². The molecule has 16 heavy (non-hydrogen) atoms. The molecule has 2 aliphatic rings. The minimum atomic E-state index is 1.07. The van der Waals surface area contributed by atoms with Crippen LogP contribution < -0.4 is 0 Å². The van der Waals surface area contributed by atoms with Gasteiger partial charge in [0.2, 0.25) is 0 Å². The fraction of sp³-hybridized carbons (Fsp3) is 0.583. The fourth-order valence-corrected chi connectivity index (χ4v) is 4.22. The normalized spacial score (nSPS) is 20.3. The highest BCUT2D eigenvalue weighted by atomic mass is 32.1. The molecule has 0 N–H and O–H groups in total. The number of aryl methyl sites for hydroxylation is 2. The number of nitrogens with zero attached hydrogens (tertiary/aromatic N) is 3. The molecule has 0 saturated heterocycles. The molecule has 0 saturated carbocycles. The Hall–Kier alpha value is -0.870. The number of thiazole rings is 1. The largest absolute Gasteiger partial charge is 0.300 e. The smallest absolute Gasteiger partial charge is 0.194 e. The van der Waals surface area contributed by atoms with Gasteiger partial charge in [-0.2, -0.15) is 0 Å². The third-order valence-electron chi connectivity index (χ3n) is 3.80. The van der Waals surface area contributed by atoms with Crippen LogP contribution in [0.4, 0.5) is 0 Å². The van der Waals surface area contributed by atoms with Crippen LogP contribution in [0.25, 0.3) is 4.96 Å². The second kappa shape index (κ2) is 3.08. The minimum Gasteiger partial charge on any atom is -0.300 e. The van der Waals surface area contributed by atoms with Crippen molar-refractivity contribution in [3.8, 4) is 0 Å². The number of hydrogen-bond donors (Lipinski definition) is 0. The van der Waals surface area contributed by atoms with Crippen LogP contribution in [0, 0.1) is 0 Å². The summed E-state index contributed by atoms with van der Waals surface area (Å²) >= 11 is 1.91. The first-order valence-corrected chi connectivity index (χ1v) is 6.84. The lowest BCUT2D eigenvalue weighted by Crippen LogP contribution is -2.27. The van der Waals surface area contributed by atoms with Gasteiger partial charge in [-0.15, -0.1) is 11.3 Å². The molecular weight excluding hydrogens is 218 g/mol. The van der Waals surface area contributed by atoms with Gasteiger partial charge >= 0.3 is 0 Å². The molecule has 0 spiro atoms. The number of aromatic nitrogens is 2. The Labute approximate surface area is 98.7 Å². The summed E-state index contributed by atoms with van der Waals surface area (Å²) in [6.07, 6.45) is 4.98. The molecule has 1 aliphatic heterocycles. The van der Waals surface area contributed by atoms with Crippen molar-refractivity contribution >= 4 is 16.3 Å². The van der Waals surface area contributed by atoms with Crippen molar-refractivity contribution in [1.82, 2.24) is 14.3 Å². The molecule has 0 amide bonds. The number of hydrogen-bond acceptors (Lipinski definition) is 3. The van der Waals surface area contributed by atoms with Gasteiger partial charge in [0.25, 0.3) is 0 Å². The van der Waals surface area contributed by atoms with E-state index in [-0.39, 0.29) is 0 Å². The first-order chi connectivity index (χ1) is 7.83. The molecular formula is C12H15N3S. The van der Waals surface area contributed by atoms with Crippen molar-refractivity contribution < 1.29 is 0 Å². The third kappa shape index (κ3) is 1.09. The zero-order chi connectivity index (χ0) is 10.7. The Bertz CT molecular complexity index is 566. The van der Waals surface area contributed by atoms with Gasteiger partial charge in [-0.1, -0.05) is 0 Å². The molecule has 4 rings (SSSR count). The summed E-state index contributed by atoms with van der Waals surface area (Å²) in [6.45, 7) is 2.22. The quantitative estimate of drug-likeness (QED) is 0.692. The van der Waals surface area contributed by atoms with E-state index >= 15 is 0 Å². The van der Waals surface area contributed by atoms with Gasteiger partial charge in [0.15, 0.2) is 4.96 Å². The summed E-state index contributed by atoms with van der Waals surface area (Å²) in [4.78, 5) is 10.0. The first-order valence-electron chi connectivity index (χ1n) is 6.02. The number of imidazole rings is 1. The van der Waals surface area contributed by atoms with Gasteiger partial charge in [-0.25, -0.2) is 4.98 Å².